The first-order chi connectivity index (χ1) is 12.1. The monoisotopic (exact) mass is 334 g/mol. The average molecular weight is 334 g/mol. The van der Waals surface area contributed by atoms with Crippen LogP contribution in [0, 0.1) is 0 Å². The van der Waals surface area contributed by atoms with Crippen molar-refractivity contribution in [3.63, 3.8) is 0 Å². The van der Waals surface area contributed by atoms with Crippen molar-refractivity contribution in [2.24, 2.45) is 5.73 Å². The summed E-state index contributed by atoms with van der Waals surface area (Å²) < 4.78 is 0. The minimum Gasteiger partial charge on any atom is -0.368 e. The zero-order valence-electron chi connectivity index (χ0n) is 14.4. The molecule has 2 aromatic rings. The van der Waals surface area contributed by atoms with Gasteiger partial charge in [-0.15, -0.1) is 0 Å². The molecule has 0 bridgehead atoms. The highest BCUT2D eigenvalue weighted by molar-refractivity contribution is 6.06. The summed E-state index contributed by atoms with van der Waals surface area (Å²) in [7, 11) is 2.15. The Morgan fingerprint density at radius 2 is 1.56 bits per heavy atom. The fraction of sp³-hybridized carbons (Fsp3) is 0.250. The number of nitrogens with two attached hydrogens (primary N) is 1. The van der Waals surface area contributed by atoms with Crippen molar-refractivity contribution in [2.75, 3.05) is 38.1 Å². The van der Waals surface area contributed by atoms with Gasteiger partial charge in [-0.05, 0) is 25.3 Å². The molecule has 2 aliphatic heterocycles. The summed E-state index contributed by atoms with van der Waals surface area (Å²) in [6, 6.07) is 15.4. The number of fused-ring (bicyclic) bond motifs is 2. The van der Waals surface area contributed by atoms with Crippen LogP contribution >= 0.6 is 0 Å². The zero-order valence-corrected chi connectivity index (χ0v) is 14.4. The molecule has 0 aliphatic carbocycles. The second-order valence-electron chi connectivity index (χ2n) is 6.57. The Hall–Kier alpha value is -2.79. The maximum atomic E-state index is 12.3. The van der Waals surface area contributed by atoms with Crippen LogP contribution < -0.4 is 10.6 Å². The normalized spacial score (nSPS) is 17.4. The van der Waals surface area contributed by atoms with Crippen LogP contribution in [0.15, 0.2) is 48.5 Å². The van der Waals surface area contributed by atoms with Gasteiger partial charge >= 0.3 is 6.03 Å². The minimum absolute atomic E-state index is 0.465. The topological polar surface area (TPSA) is 52.8 Å². The third kappa shape index (κ3) is 2.76. The van der Waals surface area contributed by atoms with Crippen LogP contribution in [0.25, 0.3) is 11.8 Å². The van der Waals surface area contributed by atoms with Crippen molar-refractivity contribution in [1.29, 1.82) is 0 Å². The molecule has 0 saturated carbocycles. The first kappa shape index (κ1) is 15.7. The molecule has 128 valence electrons. The van der Waals surface area contributed by atoms with Gasteiger partial charge < -0.3 is 15.5 Å². The highest BCUT2D eigenvalue weighted by Crippen LogP contribution is 2.40. The van der Waals surface area contributed by atoms with Crippen molar-refractivity contribution in [3.05, 3.63) is 59.7 Å². The van der Waals surface area contributed by atoms with E-state index in [-0.39, 0.29) is 0 Å². The highest BCUT2D eigenvalue weighted by atomic mass is 16.2. The summed E-state index contributed by atoms with van der Waals surface area (Å²) in [5.74, 6) is 0. The van der Waals surface area contributed by atoms with Gasteiger partial charge in [-0.25, -0.2) is 4.79 Å². The van der Waals surface area contributed by atoms with Crippen LogP contribution in [0.3, 0.4) is 0 Å². The summed E-state index contributed by atoms with van der Waals surface area (Å²) in [5, 5.41) is 0. The molecule has 2 aromatic carbocycles. The minimum atomic E-state index is -0.465. The Morgan fingerprint density at radius 1 is 0.920 bits per heavy atom. The van der Waals surface area contributed by atoms with Crippen molar-refractivity contribution in [2.45, 2.75) is 0 Å². The Kier molecular flexibility index (Phi) is 3.93. The summed E-state index contributed by atoms with van der Waals surface area (Å²) in [4.78, 5) is 18.6. The second-order valence-corrected chi connectivity index (χ2v) is 6.57. The van der Waals surface area contributed by atoms with E-state index in [1.54, 1.807) is 4.90 Å². The van der Waals surface area contributed by atoms with Gasteiger partial charge in [-0.2, -0.15) is 0 Å². The van der Waals surface area contributed by atoms with Crippen molar-refractivity contribution >= 4 is 29.2 Å². The largest absolute Gasteiger partial charge is 0.368 e. The summed E-state index contributed by atoms with van der Waals surface area (Å²) in [6.45, 7) is 3.99. The summed E-state index contributed by atoms with van der Waals surface area (Å²) in [6.07, 6.45) is 2.18. The maximum Gasteiger partial charge on any atom is 0.323 e. The number of urea groups is 1. The number of hydrogen-bond donors (Lipinski definition) is 1. The molecule has 25 heavy (non-hydrogen) atoms. The fourth-order valence-corrected chi connectivity index (χ4v) is 3.60. The molecule has 0 aromatic heterocycles. The smallest absolute Gasteiger partial charge is 0.323 e. The van der Waals surface area contributed by atoms with E-state index in [1.807, 2.05) is 42.5 Å². The van der Waals surface area contributed by atoms with Crippen LogP contribution in [-0.4, -0.2) is 49.1 Å². The molecule has 1 fully saturated rings. The summed E-state index contributed by atoms with van der Waals surface area (Å²) >= 11 is 0. The Labute approximate surface area is 147 Å². The predicted octanol–water partition coefficient (Wildman–Crippen LogP) is 2.96. The molecule has 2 aliphatic rings. The lowest BCUT2D eigenvalue weighted by molar-refractivity contribution is 0.208. The van der Waals surface area contributed by atoms with Crippen LogP contribution in [0.5, 0.6) is 0 Å². The molecule has 5 nitrogen and oxygen atoms in total. The van der Waals surface area contributed by atoms with E-state index < -0.39 is 6.03 Å². The van der Waals surface area contributed by atoms with Crippen molar-refractivity contribution in [1.82, 2.24) is 9.80 Å². The van der Waals surface area contributed by atoms with Gasteiger partial charge in [-0.3, -0.25) is 4.90 Å². The third-order valence-electron chi connectivity index (χ3n) is 4.96. The molecule has 0 unspecified atom stereocenters. The lowest BCUT2D eigenvalue weighted by Crippen LogP contribution is -2.43. The molecule has 4 rings (SSSR count). The van der Waals surface area contributed by atoms with Gasteiger partial charge in [0.25, 0.3) is 0 Å². The first-order valence-corrected chi connectivity index (χ1v) is 8.58. The third-order valence-corrected chi connectivity index (χ3v) is 4.96. The van der Waals surface area contributed by atoms with Crippen LogP contribution in [-0.2, 0) is 0 Å². The van der Waals surface area contributed by atoms with Crippen LogP contribution in [0.2, 0.25) is 0 Å². The number of amides is 2. The van der Waals surface area contributed by atoms with Crippen molar-refractivity contribution in [3.8, 4) is 0 Å². The Balaban J connectivity index is 1.90. The SMILES string of the molecule is CN1CCN(C2=Cc3ccccc3N(C(N)=O)c3ccccc32)CC1. The lowest BCUT2D eigenvalue weighted by atomic mass is 10.1. The number of benzene rings is 2. The van der Waals surface area contributed by atoms with E-state index >= 15 is 0 Å². The van der Waals surface area contributed by atoms with E-state index in [0.717, 1.165) is 54.4 Å². The van der Waals surface area contributed by atoms with Crippen LogP contribution in [0.4, 0.5) is 16.2 Å². The van der Waals surface area contributed by atoms with E-state index in [0.29, 0.717) is 0 Å². The van der Waals surface area contributed by atoms with E-state index in [4.69, 9.17) is 5.73 Å². The number of rotatable bonds is 1. The lowest BCUT2D eigenvalue weighted by Gasteiger charge is -2.36. The number of primary amides is 1. The molecule has 2 N–H and O–H groups in total. The number of carbonyl (C=O) groups excluding carboxylic acids is 1. The number of hydrogen-bond acceptors (Lipinski definition) is 3. The molecule has 0 radical (unpaired) electrons. The number of para-hydroxylation sites is 2. The quantitative estimate of drug-likeness (QED) is 0.872. The second kappa shape index (κ2) is 6.26. The number of anilines is 2. The van der Waals surface area contributed by atoms with Gasteiger partial charge in [-0.1, -0.05) is 36.4 Å². The Bertz CT molecular complexity index is 837. The molecule has 5 heteroatoms. The molecule has 0 spiro atoms. The van der Waals surface area contributed by atoms with Gasteiger partial charge in [0.05, 0.1) is 11.4 Å². The fourth-order valence-electron chi connectivity index (χ4n) is 3.60. The predicted molar refractivity (Wildman–Crippen MR) is 102 cm³/mol. The highest BCUT2D eigenvalue weighted by Gasteiger charge is 2.27. The molecular formula is C20H22N4O. The standard InChI is InChI=1S/C20H22N4O/c1-22-10-12-23(13-11-22)19-14-15-6-2-4-8-17(15)24(20(21)25)18-9-5-3-7-16(18)19/h2-9,14H,10-13H2,1H3,(H2,21,25). The number of carbonyl (C=O) groups is 1. The van der Waals surface area contributed by atoms with Crippen LogP contribution in [0.1, 0.15) is 11.1 Å². The number of likely N-dealkylation sites (N-methyl/N-ethyl adjacent to an activating group) is 1. The van der Waals surface area contributed by atoms with Gasteiger partial charge in [0.2, 0.25) is 0 Å². The van der Waals surface area contributed by atoms with Gasteiger partial charge in [0, 0.05) is 43.0 Å². The molecule has 0 atom stereocenters. The van der Waals surface area contributed by atoms with E-state index in [2.05, 4.69) is 29.0 Å². The van der Waals surface area contributed by atoms with Crippen molar-refractivity contribution < 1.29 is 4.79 Å². The average Bonchev–Trinajstić information content (AvgIpc) is 2.77. The number of piperazine rings is 1. The van der Waals surface area contributed by atoms with E-state index in [1.165, 1.54) is 0 Å². The maximum absolute atomic E-state index is 12.3. The first-order valence-electron chi connectivity index (χ1n) is 8.58. The number of nitrogens with zero attached hydrogens (tertiary/aromatic N) is 3. The molecule has 2 heterocycles. The van der Waals surface area contributed by atoms with Gasteiger partial charge in [0.1, 0.15) is 0 Å². The zero-order chi connectivity index (χ0) is 17.4. The Morgan fingerprint density at radius 3 is 2.28 bits per heavy atom. The molecule has 2 amide bonds. The summed E-state index contributed by atoms with van der Waals surface area (Å²) in [5.41, 5.74) is 10.6. The van der Waals surface area contributed by atoms with Gasteiger partial charge in [0.15, 0.2) is 0 Å². The molecular weight excluding hydrogens is 312 g/mol. The molecule has 1 saturated heterocycles. The van der Waals surface area contributed by atoms with E-state index in [9.17, 15) is 4.79 Å².